The van der Waals surface area contributed by atoms with Crippen molar-refractivity contribution in [2.45, 2.75) is 18.9 Å². The molecule has 0 spiro atoms. The number of piperidine rings is 1. The highest BCUT2D eigenvalue weighted by molar-refractivity contribution is 9.10. The Kier molecular flexibility index (Phi) is 3.82. The lowest BCUT2D eigenvalue weighted by Gasteiger charge is -2.31. The Morgan fingerprint density at radius 1 is 1.20 bits per heavy atom. The summed E-state index contributed by atoms with van der Waals surface area (Å²) in [4.78, 5) is 16.1. The Balaban J connectivity index is 1.65. The largest absolute Gasteiger partial charge is 0.338 e. The number of aromatic nitrogens is 3. The predicted octanol–water partition coefficient (Wildman–Crippen LogP) is 2.52. The van der Waals surface area contributed by atoms with Gasteiger partial charge in [-0.05, 0) is 31.0 Å². The molecular weight excluding hydrogens is 320 g/mol. The van der Waals surface area contributed by atoms with Gasteiger partial charge in [-0.25, -0.2) is 0 Å². The van der Waals surface area contributed by atoms with E-state index in [-0.39, 0.29) is 5.91 Å². The van der Waals surface area contributed by atoms with E-state index in [1.807, 2.05) is 29.2 Å². The fourth-order valence-electron chi connectivity index (χ4n) is 2.52. The molecule has 5 nitrogen and oxygen atoms in total. The number of likely N-dealkylation sites (tertiary alicyclic amines) is 1. The van der Waals surface area contributed by atoms with Crippen LogP contribution >= 0.6 is 15.9 Å². The van der Waals surface area contributed by atoms with Crippen molar-refractivity contribution in [2.75, 3.05) is 13.1 Å². The van der Waals surface area contributed by atoms with E-state index in [2.05, 4.69) is 26.1 Å². The third kappa shape index (κ3) is 2.75. The van der Waals surface area contributed by atoms with Gasteiger partial charge in [-0.3, -0.25) is 4.79 Å². The molecule has 0 aliphatic carbocycles. The zero-order valence-corrected chi connectivity index (χ0v) is 12.5. The summed E-state index contributed by atoms with van der Waals surface area (Å²) < 4.78 is 0.930. The van der Waals surface area contributed by atoms with Gasteiger partial charge >= 0.3 is 0 Å². The third-order valence-electron chi connectivity index (χ3n) is 3.59. The fourth-order valence-corrected chi connectivity index (χ4v) is 2.92. The highest BCUT2D eigenvalue weighted by atomic mass is 79.9. The number of rotatable bonds is 2. The second-order valence-electron chi connectivity index (χ2n) is 4.88. The smallest absolute Gasteiger partial charge is 0.253 e. The van der Waals surface area contributed by atoms with Crippen LogP contribution in [0.2, 0.25) is 0 Å². The number of hydrogen-bond donors (Lipinski definition) is 0. The monoisotopic (exact) mass is 334 g/mol. The number of carbonyl (C=O) groups is 1. The molecule has 1 aliphatic heterocycles. The number of amides is 1. The fraction of sp³-hybridized carbons (Fsp3) is 0.357. The van der Waals surface area contributed by atoms with Crippen LogP contribution in [-0.2, 0) is 0 Å². The predicted molar refractivity (Wildman–Crippen MR) is 78.3 cm³/mol. The average Bonchev–Trinajstić information content (AvgIpc) is 3.01. The van der Waals surface area contributed by atoms with Gasteiger partial charge < -0.3 is 4.90 Å². The van der Waals surface area contributed by atoms with Crippen LogP contribution < -0.4 is 0 Å². The van der Waals surface area contributed by atoms with Gasteiger partial charge in [0.25, 0.3) is 5.91 Å². The molecule has 1 aromatic carbocycles. The zero-order valence-electron chi connectivity index (χ0n) is 10.9. The molecule has 0 atom stereocenters. The molecule has 20 heavy (non-hydrogen) atoms. The van der Waals surface area contributed by atoms with E-state index in [0.29, 0.717) is 6.04 Å². The molecule has 2 aromatic rings. The maximum Gasteiger partial charge on any atom is 0.253 e. The molecule has 1 saturated heterocycles. The highest BCUT2D eigenvalue weighted by Gasteiger charge is 2.25. The van der Waals surface area contributed by atoms with E-state index in [0.717, 1.165) is 36.0 Å². The van der Waals surface area contributed by atoms with Crippen LogP contribution in [-0.4, -0.2) is 38.9 Å². The van der Waals surface area contributed by atoms with Gasteiger partial charge in [0, 0.05) is 23.1 Å². The minimum atomic E-state index is 0.0955. The summed E-state index contributed by atoms with van der Waals surface area (Å²) in [5, 5.41) is 8.35. The minimum Gasteiger partial charge on any atom is -0.338 e. The highest BCUT2D eigenvalue weighted by Crippen LogP contribution is 2.22. The summed E-state index contributed by atoms with van der Waals surface area (Å²) in [5.74, 6) is 0.0955. The Hall–Kier alpha value is -1.69. The van der Waals surface area contributed by atoms with Crippen LogP contribution in [0, 0.1) is 0 Å². The lowest BCUT2D eigenvalue weighted by Crippen LogP contribution is -2.39. The third-order valence-corrected chi connectivity index (χ3v) is 4.08. The normalized spacial score (nSPS) is 16.4. The first-order valence-electron chi connectivity index (χ1n) is 6.64. The maximum atomic E-state index is 12.4. The number of hydrogen-bond acceptors (Lipinski definition) is 3. The molecule has 1 aliphatic rings. The lowest BCUT2D eigenvalue weighted by molar-refractivity contribution is 0.0683. The van der Waals surface area contributed by atoms with Crippen LogP contribution in [0.25, 0.3) is 0 Å². The van der Waals surface area contributed by atoms with E-state index in [4.69, 9.17) is 0 Å². The first-order chi connectivity index (χ1) is 9.74. The van der Waals surface area contributed by atoms with Gasteiger partial charge in [-0.2, -0.15) is 15.0 Å². The van der Waals surface area contributed by atoms with Crippen molar-refractivity contribution >= 4 is 21.8 Å². The SMILES string of the molecule is O=C(c1cccc(Br)c1)N1CCC(n2nccn2)CC1. The van der Waals surface area contributed by atoms with Crippen LogP contribution in [0.5, 0.6) is 0 Å². The van der Waals surface area contributed by atoms with Gasteiger partial charge in [0.15, 0.2) is 0 Å². The first kappa shape index (κ1) is 13.3. The van der Waals surface area contributed by atoms with E-state index in [1.54, 1.807) is 17.2 Å². The molecule has 0 radical (unpaired) electrons. The molecule has 2 heterocycles. The molecular formula is C14H15BrN4O. The standard InChI is InChI=1S/C14H15BrN4O/c15-12-3-1-2-11(10-12)14(20)18-8-4-13(5-9-18)19-16-6-7-17-19/h1-3,6-7,10,13H,4-5,8-9H2. The Morgan fingerprint density at radius 3 is 2.55 bits per heavy atom. The summed E-state index contributed by atoms with van der Waals surface area (Å²) in [6.45, 7) is 1.50. The molecule has 3 rings (SSSR count). The number of nitrogens with zero attached hydrogens (tertiary/aromatic N) is 4. The van der Waals surface area contributed by atoms with Gasteiger partial charge in [0.2, 0.25) is 0 Å². The lowest BCUT2D eigenvalue weighted by atomic mass is 10.0. The van der Waals surface area contributed by atoms with Crippen LogP contribution in [0.4, 0.5) is 0 Å². The summed E-state index contributed by atoms with van der Waals surface area (Å²) >= 11 is 3.40. The molecule has 1 aromatic heterocycles. The van der Waals surface area contributed by atoms with Gasteiger partial charge in [0.05, 0.1) is 18.4 Å². The molecule has 0 bridgehead atoms. The van der Waals surface area contributed by atoms with Crippen LogP contribution in [0.15, 0.2) is 41.1 Å². The summed E-state index contributed by atoms with van der Waals surface area (Å²) in [5.41, 5.74) is 0.732. The molecule has 0 saturated carbocycles. The Bertz CT molecular complexity index is 591. The van der Waals surface area contributed by atoms with Crippen molar-refractivity contribution in [2.24, 2.45) is 0 Å². The molecule has 104 valence electrons. The molecule has 1 amide bonds. The van der Waals surface area contributed by atoms with Gasteiger partial charge in [-0.15, -0.1) is 0 Å². The summed E-state index contributed by atoms with van der Waals surface area (Å²) in [6.07, 6.45) is 5.18. The topological polar surface area (TPSA) is 51.0 Å². The molecule has 0 unspecified atom stereocenters. The molecule has 0 N–H and O–H groups in total. The molecule has 1 fully saturated rings. The summed E-state index contributed by atoms with van der Waals surface area (Å²) in [7, 11) is 0. The van der Waals surface area contributed by atoms with Crippen molar-refractivity contribution in [3.63, 3.8) is 0 Å². The van der Waals surface area contributed by atoms with E-state index in [9.17, 15) is 4.79 Å². The maximum absolute atomic E-state index is 12.4. The Morgan fingerprint density at radius 2 is 1.90 bits per heavy atom. The van der Waals surface area contributed by atoms with E-state index < -0.39 is 0 Å². The van der Waals surface area contributed by atoms with E-state index >= 15 is 0 Å². The second kappa shape index (κ2) is 5.75. The number of halogens is 1. The van der Waals surface area contributed by atoms with Crippen molar-refractivity contribution < 1.29 is 4.79 Å². The number of benzene rings is 1. The van der Waals surface area contributed by atoms with Gasteiger partial charge in [-0.1, -0.05) is 22.0 Å². The number of carbonyl (C=O) groups excluding carboxylic acids is 1. The van der Waals surface area contributed by atoms with E-state index in [1.165, 1.54) is 0 Å². The Labute approximate surface area is 125 Å². The van der Waals surface area contributed by atoms with Crippen LogP contribution in [0.3, 0.4) is 0 Å². The van der Waals surface area contributed by atoms with Gasteiger partial charge in [0.1, 0.15) is 0 Å². The molecule has 6 heteroatoms. The van der Waals surface area contributed by atoms with Crippen molar-refractivity contribution in [1.82, 2.24) is 19.9 Å². The average molecular weight is 335 g/mol. The minimum absolute atomic E-state index is 0.0955. The zero-order chi connectivity index (χ0) is 13.9. The first-order valence-corrected chi connectivity index (χ1v) is 7.44. The van der Waals surface area contributed by atoms with Crippen molar-refractivity contribution in [3.8, 4) is 0 Å². The van der Waals surface area contributed by atoms with Crippen LogP contribution in [0.1, 0.15) is 29.2 Å². The summed E-state index contributed by atoms with van der Waals surface area (Å²) in [6, 6.07) is 7.83. The van der Waals surface area contributed by atoms with Crippen molar-refractivity contribution in [1.29, 1.82) is 0 Å². The second-order valence-corrected chi connectivity index (χ2v) is 5.80. The quantitative estimate of drug-likeness (QED) is 0.847. The van der Waals surface area contributed by atoms with Crippen molar-refractivity contribution in [3.05, 3.63) is 46.7 Å².